The fourth-order valence-corrected chi connectivity index (χ4v) is 4.37. The van der Waals surface area contributed by atoms with Crippen LogP contribution in [0, 0.1) is 0 Å². The highest BCUT2D eigenvalue weighted by Gasteiger charge is 2.29. The Morgan fingerprint density at radius 2 is 2.16 bits per heavy atom. The van der Waals surface area contributed by atoms with Gasteiger partial charge in [0.05, 0.1) is 31.5 Å². The lowest BCUT2D eigenvalue weighted by molar-refractivity contribution is 0.0705. The monoisotopic (exact) mass is 370 g/mol. The molecule has 0 aromatic carbocycles. The van der Waals surface area contributed by atoms with Crippen LogP contribution in [0.4, 0.5) is 5.82 Å². The molecule has 1 aromatic heterocycles. The summed E-state index contributed by atoms with van der Waals surface area (Å²) >= 11 is 0. The van der Waals surface area contributed by atoms with E-state index in [0.29, 0.717) is 37.8 Å². The third-order valence-corrected chi connectivity index (χ3v) is 6.43. The predicted molar refractivity (Wildman–Crippen MR) is 94.3 cm³/mol. The summed E-state index contributed by atoms with van der Waals surface area (Å²) in [6.07, 6.45) is 2.09. The second kappa shape index (κ2) is 7.92. The van der Waals surface area contributed by atoms with Crippen LogP contribution in [0.3, 0.4) is 0 Å². The maximum atomic E-state index is 12.7. The number of hydrogen-bond acceptors (Lipinski definition) is 7. The molecule has 2 saturated heterocycles. The van der Waals surface area contributed by atoms with Crippen molar-refractivity contribution in [2.24, 2.45) is 0 Å². The smallest absolute Gasteiger partial charge is 0.282 e. The van der Waals surface area contributed by atoms with Crippen LogP contribution in [0.5, 0.6) is 0 Å². The van der Waals surface area contributed by atoms with Gasteiger partial charge in [0, 0.05) is 33.3 Å². The SMILES string of the molecule is CNc1cc(CN(C)S(=O)(=O)N2CCOCC2)nc([C@@H]2CCCN2)n1. The lowest BCUT2D eigenvalue weighted by Gasteiger charge is -2.30. The van der Waals surface area contributed by atoms with E-state index in [1.165, 1.54) is 8.61 Å². The molecule has 2 fully saturated rings. The van der Waals surface area contributed by atoms with E-state index in [9.17, 15) is 8.42 Å². The molecule has 2 N–H and O–H groups in total. The van der Waals surface area contributed by atoms with Crippen molar-refractivity contribution >= 4 is 16.0 Å². The first-order valence-corrected chi connectivity index (χ1v) is 9.98. The summed E-state index contributed by atoms with van der Waals surface area (Å²) < 4.78 is 33.5. The summed E-state index contributed by atoms with van der Waals surface area (Å²) in [6, 6.07) is 1.93. The highest BCUT2D eigenvalue weighted by atomic mass is 32.2. The molecule has 3 heterocycles. The molecule has 0 unspecified atom stereocenters. The zero-order valence-electron chi connectivity index (χ0n) is 14.7. The van der Waals surface area contributed by atoms with Gasteiger partial charge in [0.1, 0.15) is 11.6 Å². The van der Waals surface area contributed by atoms with Crippen LogP contribution >= 0.6 is 0 Å². The highest BCUT2D eigenvalue weighted by Crippen LogP contribution is 2.22. The first-order valence-electron chi connectivity index (χ1n) is 8.59. The van der Waals surface area contributed by atoms with Gasteiger partial charge in [0.15, 0.2) is 0 Å². The molecule has 9 nitrogen and oxygen atoms in total. The molecule has 0 radical (unpaired) electrons. The Morgan fingerprint density at radius 1 is 1.40 bits per heavy atom. The molecule has 0 saturated carbocycles. The van der Waals surface area contributed by atoms with Crippen molar-refractivity contribution in [3.05, 3.63) is 17.6 Å². The largest absolute Gasteiger partial charge is 0.379 e. The molecule has 0 aliphatic carbocycles. The number of aromatic nitrogens is 2. The first kappa shape index (κ1) is 18.5. The van der Waals surface area contributed by atoms with Crippen molar-refractivity contribution < 1.29 is 13.2 Å². The van der Waals surface area contributed by atoms with Crippen LogP contribution in [0.2, 0.25) is 0 Å². The Kier molecular flexibility index (Phi) is 5.85. The highest BCUT2D eigenvalue weighted by molar-refractivity contribution is 7.86. The van der Waals surface area contributed by atoms with Gasteiger partial charge >= 0.3 is 0 Å². The summed E-state index contributed by atoms with van der Waals surface area (Å²) in [5.74, 6) is 1.42. The van der Waals surface area contributed by atoms with E-state index in [1.807, 2.05) is 0 Å². The maximum absolute atomic E-state index is 12.7. The number of morpholine rings is 1. The minimum absolute atomic E-state index is 0.133. The van der Waals surface area contributed by atoms with Gasteiger partial charge in [-0.25, -0.2) is 9.97 Å². The van der Waals surface area contributed by atoms with Crippen molar-refractivity contribution in [2.45, 2.75) is 25.4 Å². The number of nitrogens with one attached hydrogen (secondary N) is 2. The van der Waals surface area contributed by atoms with Gasteiger partial charge in [0.2, 0.25) is 0 Å². The van der Waals surface area contributed by atoms with E-state index in [0.717, 1.165) is 25.2 Å². The lowest BCUT2D eigenvalue weighted by Crippen LogP contribution is -2.47. The average molecular weight is 370 g/mol. The molecular formula is C15H26N6O3S. The number of nitrogens with zero attached hydrogens (tertiary/aromatic N) is 4. The number of rotatable bonds is 6. The molecule has 0 spiro atoms. The molecule has 0 amide bonds. The third-order valence-electron chi connectivity index (χ3n) is 4.50. The Bertz CT molecular complexity index is 687. The molecule has 10 heteroatoms. The summed E-state index contributed by atoms with van der Waals surface area (Å²) in [6.45, 7) is 2.80. The number of hydrogen-bond donors (Lipinski definition) is 2. The fraction of sp³-hybridized carbons (Fsp3) is 0.733. The Labute approximate surface area is 149 Å². The molecule has 2 aliphatic rings. The van der Waals surface area contributed by atoms with Gasteiger partial charge in [-0.05, 0) is 19.4 Å². The van der Waals surface area contributed by atoms with E-state index < -0.39 is 10.2 Å². The Morgan fingerprint density at radius 3 is 2.80 bits per heavy atom. The van der Waals surface area contributed by atoms with Gasteiger partial charge in [-0.15, -0.1) is 0 Å². The predicted octanol–water partition coefficient (Wildman–Crippen LogP) is -0.0484. The van der Waals surface area contributed by atoms with Crippen molar-refractivity contribution in [3.8, 4) is 0 Å². The van der Waals surface area contributed by atoms with Crippen LogP contribution < -0.4 is 10.6 Å². The van der Waals surface area contributed by atoms with Crippen LogP contribution in [0.25, 0.3) is 0 Å². The lowest BCUT2D eigenvalue weighted by atomic mass is 10.2. The Hall–Kier alpha value is -1.33. The maximum Gasteiger partial charge on any atom is 0.282 e. The number of anilines is 1. The summed E-state index contributed by atoms with van der Waals surface area (Å²) in [7, 11) is -0.141. The second-order valence-electron chi connectivity index (χ2n) is 6.28. The van der Waals surface area contributed by atoms with Crippen LogP contribution in [0.1, 0.15) is 30.4 Å². The second-order valence-corrected chi connectivity index (χ2v) is 8.31. The molecule has 140 valence electrons. The van der Waals surface area contributed by atoms with Gasteiger partial charge in [-0.1, -0.05) is 0 Å². The van der Waals surface area contributed by atoms with Crippen molar-refractivity contribution in [1.29, 1.82) is 0 Å². The average Bonchev–Trinajstić information content (AvgIpc) is 3.17. The van der Waals surface area contributed by atoms with Crippen molar-refractivity contribution in [3.63, 3.8) is 0 Å². The molecule has 3 rings (SSSR count). The molecule has 2 aliphatic heterocycles. The molecule has 0 bridgehead atoms. The van der Waals surface area contributed by atoms with Gasteiger partial charge in [-0.2, -0.15) is 17.0 Å². The minimum atomic E-state index is -3.52. The Balaban J connectivity index is 1.77. The zero-order chi connectivity index (χ0) is 17.9. The quantitative estimate of drug-likeness (QED) is 0.724. The molecule has 1 atom stereocenters. The standard InChI is InChI=1S/C15H26N6O3S/c1-16-14-10-12(18-15(19-14)13-4-3-5-17-13)11-20(2)25(22,23)21-6-8-24-9-7-21/h10,13,17H,3-9,11H2,1-2H3,(H,16,18,19)/t13-/m0/s1. The van der Waals surface area contributed by atoms with Crippen LogP contribution in [-0.2, 0) is 21.5 Å². The van der Waals surface area contributed by atoms with E-state index in [4.69, 9.17) is 4.74 Å². The number of ether oxygens (including phenoxy) is 1. The minimum Gasteiger partial charge on any atom is -0.379 e. The molecule has 1 aromatic rings. The van der Waals surface area contributed by atoms with Crippen molar-refractivity contribution in [2.75, 3.05) is 52.3 Å². The topological polar surface area (TPSA) is 99.7 Å². The molecule has 25 heavy (non-hydrogen) atoms. The van der Waals surface area contributed by atoms with Crippen molar-refractivity contribution in [1.82, 2.24) is 23.9 Å². The zero-order valence-corrected chi connectivity index (χ0v) is 15.5. The van der Waals surface area contributed by atoms with Crippen LogP contribution in [-0.4, -0.2) is 73.9 Å². The first-order chi connectivity index (χ1) is 12.0. The van der Waals surface area contributed by atoms with Gasteiger partial charge in [0.25, 0.3) is 10.2 Å². The fourth-order valence-electron chi connectivity index (χ4n) is 3.07. The third kappa shape index (κ3) is 4.26. The van der Waals surface area contributed by atoms with Gasteiger partial charge < -0.3 is 15.4 Å². The normalized spacial score (nSPS) is 22.4. The summed E-state index contributed by atoms with van der Waals surface area (Å²) in [5.41, 5.74) is 0.683. The van der Waals surface area contributed by atoms with E-state index in [1.54, 1.807) is 20.2 Å². The molecular weight excluding hydrogens is 344 g/mol. The van der Waals surface area contributed by atoms with E-state index in [-0.39, 0.29) is 12.6 Å². The summed E-state index contributed by atoms with van der Waals surface area (Å²) in [4.78, 5) is 9.11. The van der Waals surface area contributed by atoms with E-state index >= 15 is 0 Å². The van der Waals surface area contributed by atoms with Gasteiger partial charge in [-0.3, -0.25) is 0 Å². The van der Waals surface area contributed by atoms with E-state index in [2.05, 4.69) is 20.6 Å². The summed E-state index contributed by atoms with van der Waals surface area (Å²) in [5, 5.41) is 6.41. The van der Waals surface area contributed by atoms with Crippen LogP contribution in [0.15, 0.2) is 6.07 Å².